The van der Waals surface area contributed by atoms with Gasteiger partial charge in [0.25, 0.3) is 0 Å². The molecule has 6 heteroatoms. The zero-order valence-corrected chi connectivity index (χ0v) is 5.47. The molecule has 0 saturated heterocycles. The third kappa shape index (κ3) is 1.05. The zero-order chi connectivity index (χ0) is 7.52. The van der Waals surface area contributed by atoms with Crippen molar-refractivity contribution in [2.45, 2.75) is 0 Å². The van der Waals surface area contributed by atoms with Crippen LogP contribution < -0.4 is 0 Å². The first-order chi connectivity index (χ1) is 5.47. The van der Waals surface area contributed by atoms with E-state index in [2.05, 4.69) is 30.8 Å². The van der Waals surface area contributed by atoms with Gasteiger partial charge in [-0.05, 0) is 11.3 Å². The molecule has 2 aromatic rings. The molecule has 0 spiro atoms. The zero-order valence-electron chi connectivity index (χ0n) is 5.47. The Labute approximate surface area is 61.7 Å². The predicted molar refractivity (Wildman–Crippen MR) is 35.2 cm³/mol. The number of hydrogen-bond donors (Lipinski definition) is 1. The summed E-state index contributed by atoms with van der Waals surface area (Å²) in [4.78, 5) is 0. The van der Waals surface area contributed by atoms with Crippen molar-refractivity contribution in [2.24, 2.45) is 0 Å². The summed E-state index contributed by atoms with van der Waals surface area (Å²) in [6, 6.07) is 1.71. The summed E-state index contributed by atoms with van der Waals surface area (Å²) in [5, 5.41) is 20.7. The van der Waals surface area contributed by atoms with Crippen LogP contribution in [0.15, 0.2) is 18.5 Å². The van der Waals surface area contributed by atoms with Gasteiger partial charge >= 0.3 is 0 Å². The summed E-state index contributed by atoms with van der Waals surface area (Å²) in [5.41, 5.74) is 1.33. The lowest BCUT2D eigenvalue weighted by Crippen LogP contribution is -1.88. The maximum Gasteiger partial charge on any atom is 0.133 e. The molecule has 2 rings (SSSR count). The van der Waals surface area contributed by atoms with E-state index in [4.69, 9.17) is 0 Å². The molecule has 0 aromatic carbocycles. The summed E-state index contributed by atoms with van der Waals surface area (Å²) in [6.07, 6.45) is 3.13. The first-order valence-electron chi connectivity index (χ1n) is 2.97. The second kappa shape index (κ2) is 2.41. The van der Waals surface area contributed by atoms with Gasteiger partial charge in [0.1, 0.15) is 11.4 Å². The van der Waals surface area contributed by atoms with Crippen molar-refractivity contribution in [3.63, 3.8) is 0 Å². The Hall–Kier alpha value is -1.85. The molecule has 0 atom stereocenters. The van der Waals surface area contributed by atoms with E-state index in [-0.39, 0.29) is 0 Å². The minimum Gasteiger partial charge on any atom is -0.197 e. The Morgan fingerprint density at radius 2 is 2.27 bits per heavy atom. The van der Waals surface area contributed by atoms with Crippen molar-refractivity contribution < 1.29 is 0 Å². The van der Waals surface area contributed by atoms with Crippen LogP contribution in [0.5, 0.6) is 0 Å². The molecule has 0 fully saturated rings. The molecule has 2 aromatic heterocycles. The van der Waals surface area contributed by atoms with Gasteiger partial charge in [-0.1, -0.05) is 0 Å². The van der Waals surface area contributed by atoms with Crippen LogP contribution >= 0.6 is 0 Å². The molecule has 0 saturated carbocycles. The molecule has 11 heavy (non-hydrogen) atoms. The van der Waals surface area contributed by atoms with Gasteiger partial charge in [-0.3, -0.25) is 0 Å². The molecule has 0 aliphatic heterocycles. The van der Waals surface area contributed by atoms with E-state index in [0.29, 0.717) is 11.4 Å². The highest BCUT2D eigenvalue weighted by Gasteiger charge is 1.99. The monoisotopic (exact) mass is 148 g/mol. The smallest absolute Gasteiger partial charge is 0.133 e. The fourth-order valence-corrected chi connectivity index (χ4v) is 0.703. The quantitative estimate of drug-likeness (QED) is 0.598. The van der Waals surface area contributed by atoms with Gasteiger partial charge < -0.3 is 0 Å². The molecule has 0 amide bonds. The van der Waals surface area contributed by atoms with E-state index in [1.165, 1.54) is 0 Å². The minimum absolute atomic E-state index is 0.661. The van der Waals surface area contributed by atoms with E-state index in [1.54, 1.807) is 18.5 Å². The van der Waals surface area contributed by atoms with Crippen LogP contribution in [0.2, 0.25) is 0 Å². The maximum atomic E-state index is 3.82. The topological polar surface area (TPSA) is 80.2 Å². The second-order valence-electron chi connectivity index (χ2n) is 1.86. The van der Waals surface area contributed by atoms with E-state index in [9.17, 15) is 0 Å². The summed E-state index contributed by atoms with van der Waals surface area (Å²) in [7, 11) is 0. The van der Waals surface area contributed by atoms with Crippen molar-refractivity contribution in [1.82, 2.24) is 30.8 Å². The third-order valence-corrected chi connectivity index (χ3v) is 1.18. The number of rotatable bonds is 1. The van der Waals surface area contributed by atoms with Crippen molar-refractivity contribution in [3.05, 3.63) is 18.5 Å². The molecule has 0 aliphatic rings. The lowest BCUT2D eigenvalue weighted by molar-refractivity contribution is 0.865. The average Bonchev–Trinajstić information content (AvgIpc) is 2.58. The summed E-state index contributed by atoms with van der Waals surface area (Å²) < 4.78 is 0. The first-order valence-corrected chi connectivity index (χ1v) is 2.97. The molecule has 2 heterocycles. The van der Waals surface area contributed by atoms with Crippen LogP contribution in [-0.4, -0.2) is 30.8 Å². The van der Waals surface area contributed by atoms with E-state index >= 15 is 0 Å². The summed E-state index contributed by atoms with van der Waals surface area (Å²) in [5.74, 6) is 0. The largest absolute Gasteiger partial charge is 0.197 e. The van der Waals surface area contributed by atoms with Gasteiger partial charge in [0.05, 0.1) is 12.4 Å². The number of H-pyrrole nitrogens is 1. The van der Waals surface area contributed by atoms with Gasteiger partial charge in [-0.15, -0.1) is 10.2 Å². The lowest BCUT2D eigenvalue weighted by atomic mass is 10.3. The highest BCUT2D eigenvalue weighted by Crippen LogP contribution is 2.07. The normalized spacial score (nSPS) is 9.82. The summed E-state index contributed by atoms with van der Waals surface area (Å²) >= 11 is 0. The Balaban J connectivity index is 2.46. The molecule has 54 valence electrons. The molecular formula is C5H4N6. The van der Waals surface area contributed by atoms with Crippen LogP contribution in [0.25, 0.3) is 11.4 Å². The van der Waals surface area contributed by atoms with Crippen molar-refractivity contribution in [1.29, 1.82) is 0 Å². The van der Waals surface area contributed by atoms with Crippen LogP contribution in [0.4, 0.5) is 0 Å². The number of aromatic nitrogens is 6. The van der Waals surface area contributed by atoms with Crippen LogP contribution in [0.1, 0.15) is 0 Å². The Morgan fingerprint density at radius 3 is 2.91 bits per heavy atom. The molecule has 0 unspecified atom stereocenters. The Morgan fingerprint density at radius 1 is 1.27 bits per heavy atom. The van der Waals surface area contributed by atoms with Crippen LogP contribution in [-0.2, 0) is 0 Å². The minimum atomic E-state index is 0.661. The molecule has 0 radical (unpaired) electrons. The third-order valence-electron chi connectivity index (χ3n) is 1.18. The van der Waals surface area contributed by atoms with Gasteiger partial charge in [0.2, 0.25) is 0 Å². The first kappa shape index (κ1) is 5.90. The van der Waals surface area contributed by atoms with Gasteiger partial charge in [-0.2, -0.15) is 15.4 Å². The highest BCUT2D eigenvalue weighted by atomic mass is 15.3. The van der Waals surface area contributed by atoms with Gasteiger partial charge in [-0.25, -0.2) is 0 Å². The van der Waals surface area contributed by atoms with Crippen molar-refractivity contribution in [3.8, 4) is 11.4 Å². The standard InChI is InChI=1S/C5H4N6/c1-2-6-10-8-4(1)5-3-7-11-9-5/h1-3H,(H,7,9,11). The second-order valence-corrected chi connectivity index (χ2v) is 1.86. The SMILES string of the molecule is c1cc(-c2cn[nH]n2)nnn1. The van der Waals surface area contributed by atoms with Gasteiger partial charge in [0.15, 0.2) is 0 Å². The number of nitrogens with one attached hydrogen (secondary N) is 1. The average molecular weight is 148 g/mol. The van der Waals surface area contributed by atoms with Crippen LogP contribution in [0.3, 0.4) is 0 Å². The summed E-state index contributed by atoms with van der Waals surface area (Å²) in [6.45, 7) is 0. The van der Waals surface area contributed by atoms with E-state index < -0.39 is 0 Å². The molecular weight excluding hydrogens is 144 g/mol. The molecule has 1 N–H and O–H groups in total. The van der Waals surface area contributed by atoms with Gasteiger partial charge in [0, 0.05) is 0 Å². The van der Waals surface area contributed by atoms with Crippen molar-refractivity contribution in [2.75, 3.05) is 0 Å². The van der Waals surface area contributed by atoms with Crippen molar-refractivity contribution >= 4 is 0 Å². The number of aromatic amines is 1. The highest BCUT2D eigenvalue weighted by molar-refractivity contribution is 5.49. The number of nitrogens with zero attached hydrogens (tertiary/aromatic N) is 5. The molecule has 0 aliphatic carbocycles. The lowest BCUT2D eigenvalue weighted by Gasteiger charge is -1.87. The molecule has 0 bridgehead atoms. The Bertz CT molecular complexity index is 314. The van der Waals surface area contributed by atoms with E-state index in [0.717, 1.165) is 0 Å². The Kier molecular flexibility index (Phi) is 1.29. The maximum absolute atomic E-state index is 3.82. The van der Waals surface area contributed by atoms with E-state index in [1.807, 2.05) is 0 Å². The van der Waals surface area contributed by atoms with Crippen LogP contribution in [0, 0.1) is 0 Å². The fourth-order valence-electron chi connectivity index (χ4n) is 0.703. The fraction of sp³-hybridized carbons (Fsp3) is 0. The molecule has 6 nitrogen and oxygen atoms in total. The predicted octanol–water partition coefficient (Wildman–Crippen LogP) is -0.343. The number of hydrogen-bond acceptors (Lipinski definition) is 5.